The molecule has 0 spiro atoms. The molecular formula is C28H24Cl2N2Na2O6S. The van der Waals surface area contributed by atoms with Crippen molar-refractivity contribution in [3.63, 3.8) is 0 Å². The number of rotatable bonds is 12. The minimum absolute atomic E-state index is 0. The number of halogens is 2. The summed E-state index contributed by atoms with van der Waals surface area (Å²) in [5.74, 6) is -1.50. The molecule has 0 aliphatic heterocycles. The Hall–Kier alpha value is -1.53. The van der Waals surface area contributed by atoms with Gasteiger partial charge in [-0.3, -0.25) is 0 Å². The van der Waals surface area contributed by atoms with Crippen molar-refractivity contribution in [3.05, 3.63) is 94.1 Å². The van der Waals surface area contributed by atoms with E-state index in [2.05, 4.69) is 4.40 Å². The second-order valence-corrected chi connectivity index (χ2v) is 11.2. The summed E-state index contributed by atoms with van der Waals surface area (Å²) in [7, 11) is -4.03. The number of fused-ring (bicyclic) bond motifs is 1. The normalized spacial score (nSPS) is 11.5. The van der Waals surface area contributed by atoms with Crippen LogP contribution in [0.4, 0.5) is 0 Å². The number of nitrogens with zero attached hydrogens (tertiary/aromatic N) is 2. The Labute approximate surface area is 293 Å². The summed E-state index contributed by atoms with van der Waals surface area (Å²) in [6.07, 6.45) is 1.52. The number of unbranched alkanes of at least 4 members (excludes halogenated alkanes) is 2. The fourth-order valence-electron chi connectivity index (χ4n) is 4.12. The molecule has 0 N–H and O–H groups in total. The maximum atomic E-state index is 12.2. The van der Waals surface area contributed by atoms with Gasteiger partial charge in [-0.15, -0.1) is 0 Å². The third kappa shape index (κ3) is 9.48. The SMILES string of the molecule is O=C([O-])c1cc2cc(OCc3c(Cl)cccc3Cl)ccc2n1CCCCC/C([O-])=N/S(=O)(=O)c1ccccc1.[Na+].[Na+]. The van der Waals surface area contributed by atoms with Gasteiger partial charge in [-0.25, -0.2) is 0 Å². The van der Waals surface area contributed by atoms with Crippen LogP contribution in [0.2, 0.25) is 10.0 Å². The first-order chi connectivity index (χ1) is 18.7. The summed E-state index contributed by atoms with van der Waals surface area (Å²) in [4.78, 5) is 11.8. The minimum Gasteiger partial charge on any atom is -0.861 e. The van der Waals surface area contributed by atoms with E-state index in [1.54, 1.807) is 59.2 Å². The minimum atomic E-state index is -4.03. The van der Waals surface area contributed by atoms with Crippen LogP contribution in [0, 0.1) is 0 Å². The molecular weight excluding hydrogens is 609 g/mol. The second-order valence-electron chi connectivity index (χ2n) is 8.76. The number of carboxylic acid groups (broad SMARTS) is 1. The number of hydrogen-bond donors (Lipinski definition) is 0. The van der Waals surface area contributed by atoms with Crippen molar-refractivity contribution in [1.82, 2.24) is 4.57 Å². The molecule has 1 heterocycles. The van der Waals surface area contributed by atoms with Gasteiger partial charge in [-0.2, -0.15) is 12.8 Å². The summed E-state index contributed by atoms with van der Waals surface area (Å²) in [6.45, 7) is 0.519. The van der Waals surface area contributed by atoms with E-state index in [-0.39, 0.29) is 82.7 Å². The van der Waals surface area contributed by atoms with Crippen LogP contribution in [0.1, 0.15) is 41.7 Å². The molecule has 0 radical (unpaired) electrons. The van der Waals surface area contributed by atoms with E-state index in [1.807, 2.05) is 0 Å². The standard InChI is InChI=1S/C28H26Cl2N2O6S.2Na/c29-23-10-7-11-24(30)22(23)18-38-20-13-14-25-19(16-20)17-26(28(34)35)32(25)15-6-2-5-12-27(33)31-39(36,37)21-8-3-1-4-9-21;;/h1,3-4,7-11,13-14,16-17H,2,5-6,12,15,18H2,(H,31,33)(H,34,35);;/q;2*+1/p-2. The molecule has 13 heteroatoms. The largest absolute Gasteiger partial charge is 1.00 e. The van der Waals surface area contributed by atoms with Gasteiger partial charge in [0.1, 0.15) is 12.4 Å². The number of sulfonamides is 1. The molecule has 0 aliphatic rings. The van der Waals surface area contributed by atoms with Gasteiger partial charge in [0.2, 0.25) is 0 Å². The molecule has 0 amide bonds. The predicted molar refractivity (Wildman–Crippen MR) is 147 cm³/mol. The van der Waals surface area contributed by atoms with Crippen molar-refractivity contribution in [2.75, 3.05) is 0 Å². The molecule has 41 heavy (non-hydrogen) atoms. The van der Waals surface area contributed by atoms with Gasteiger partial charge < -0.3 is 24.3 Å². The molecule has 0 saturated carbocycles. The van der Waals surface area contributed by atoms with Gasteiger partial charge in [0.25, 0.3) is 10.0 Å². The number of aryl methyl sites for hydroxylation is 1. The van der Waals surface area contributed by atoms with E-state index < -0.39 is 21.9 Å². The van der Waals surface area contributed by atoms with Crippen LogP contribution < -0.4 is 74.1 Å². The summed E-state index contributed by atoms with van der Waals surface area (Å²) < 4.78 is 35.3. The Morgan fingerprint density at radius 3 is 2.22 bits per heavy atom. The average molecular weight is 633 g/mol. The quantitative estimate of drug-likeness (QED) is 0.0820. The molecule has 0 atom stereocenters. The molecule has 3 aromatic carbocycles. The molecule has 0 aliphatic carbocycles. The van der Waals surface area contributed by atoms with Crippen molar-refractivity contribution in [3.8, 4) is 5.75 Å². The van der Waals surface area contributed by atoms with Crippen molar-refractivity contribution >= 4 is 56.0 Å². The number of ether oxygens (including phenoxy) is 1. The zero-order chi connectivity index (χ0) is 28.0. The molecule has 1 aromatic heterocycles. The zero-order valence-electron chi connectivity index (χ0n) is 22.7. The maximum Gasteiger partial charge on any atom is 1.00 e. The van der Waals surface area contributed by atoms with Crippen LogP contribution in [0.3, 0.4) is 0 Å². The maximum absolute atomic E-state index is 12.2. The number of hydrogen-bond acceptors (Lipinski definition) is 6. The first-order valence-corrected chi connectivity index (χ1v) is 14.3. The van der Waals surface area contributed by atoms with Gasteiger partial charge in [-0.1, -0.05) is 53.9 Å². The predicted octanol–water partition coefficient (Wildman–Crippen LogP) is -1.39. The first-order valence-electron chi connectivity index (χ1n) is 12.1. The molecule has 4 aromatic rings. The molecule has 0 bridgehead atoms. The fourth-order valence-corrected chi connectivity index (χ4v) is 5.59. The van der Waals surface area contributed by atoms with Crippen LogP contribution in [-0.2, 0) is 23.2 Å². The molecule has 0 saturated heterocycles. The Morgan fingerprint density at radius 1 is 0.878 bits per heavy atom. The van der Waals surface area contributed by atoms with Crippen LogP contribution in [0.15, 0.2) is 82.1 Å². The smallest absolute Gasteiger partial charge is 0.861 e. The van der Waals surface area contributed by atoms with Crippen LogP contribution >= 0.6 is 23.2 Å². The summed E-state index contributed by atoms with van der Waals surface area (Å²) in [6, 6.07) is 19.5. The average Bonchev–Trinajstić information content (AvgIpc) is 3.26. The van der Waals surface area contributed by atoms with E-state index in [1.165, 1.54) is 18.2 Å². The number of aromatic nitrogens is 1. The van der Waals surface area contributed by atoms with Crippen molar-refractivity contribution in [2.24, 2.45) is 4.40 Å². The third-order valence-corrected chi connectivity index (χ3v) is 8.08. The number of carboxylic acids is 1. The summed E-state index contributed by atoms with van der Waals surface area (Å²) in [5.41, 5.74) is 1.37. The van der Waals surface area contributed by atoms with Gasteiger partial charge in [0.05, 0.1) is 16.6 Å². The van der Waals surface area contributed by atoms with E-state index in [4.69, 9.17) is 27.9 Å². The van der Waals surface area contributed by atoms with Gasteiger partial charge in [-0.05, 0) is 73.7 Å². The molecule has 204 valence electrons. The van der Waals surface area contributed by atoms with E-state index >= 15 is 0 Å². The van der Waals surface area contributed by atoms with Gasteiger partial charge >= 0.3 is 59.1 Å². The van der Waals surface area contributed by atoms with Crippen LogP contribution in [0.5, 0.6) is 5.75 Å². The first kappa shape index (κ1) is 35.7. The molecule has 0 unspecified atom stereocenters. The monoisotopic (exact) mass is 632 g/mol. The number of carbonyl (C=O) groups is 1. The van der Waals surface area contributed by atoms with E-state index in [0.717, 1.165) is 0 Å². The zero-order valence-corrected chi connectivity index (χ0v) is 29.0. The van der Waals surface area contributed by atoms with Crippen molar-refractivity contribution in [2.45, 2.75) is 43.7 Å². The Balaban J connectivity index is 0.00000294. The van der Waals surface area contributed by atoms with Crippen LogP contribution in [-0.4, -0.2) is 24.9 Å². The third-order valence-electron chi connectivity index (χ3n) is 6.06. The van der Waals surface area contributed by atoms with Crippen LogP contribution in [0.25, 0.3) is 10.9 Å². The number of aromatic carboxylic acids is 1. The number of carbonyl (C=O) groups excluding carboxylic acids is 1. The van der Waals surface area contributed by atoms with Gasteiger partial charge in [0, 0.05) is 33.1 Å². The second kappa shape index (κ2) is 16.4. The molecule has 8 nitrogen and oxygen atoms in total. The molecule has 0 fully saturated rings. The molecule has 4 rings (SSSR count). The summed E-state index contributed by atoms with van der Waals surface area (Å²) >= 11 is 12.4. The summed E-state index contributed by atoms with van der Waals surface area (Å²) in [5, 5.41) is 25.5. The Bertz CT molecular complexity index is 1610. The Morgan fingerprint density at radius 2 is 1.56 bits per heavy atom. The van der Waals surface area contributed by atoms with Crippen molar-refractivity contribution < 1.29 is 87.3 Å². The number of benzene rings is 3. The fraction of sp³-hybridized carbons (Fsp3) is 0.214. The van der Waals surface area contributed by atoms with Crippen molar-refractivity contribution in [1.29, 1.82) is 0 Å². The van der Waals surface area contributed by atoms with Gasteiger partial charge in [0.15, 0.2) is 0 Å². The Kier molecular flexibility index (Phi) is 14.2. The van der Waals surface area contributed by atoms with E-state index in [9.17, 15) is 23.4 Å². The van der Waals surface area contributed by atoms with E-state index in [0.29, 0.717) is 58.1 Å². The topological polar surface area (TPSA) is 124 Å².